The van der Waals surface area contributed by atoms with Crippen molar-refractivity contribution in [2.75, 3.05) is 13.6 Å². The molecule has 0 fully saturated rings. The molecule has 0 bridgehead atoms. The lowest BCUT2D eigenvalue weighted by Gasteiger charge is -2.23. The van der Waals surface area contributed by atoms with Crippen molar-refractivity contribution in [1.82, 2.24) is 30.8 Å². The van der Waals surface area contributed by atoms with E-state index >= 15 is 0 Å². The van der Waals surface area contributed by atoms with E-state index in [9.17, 15) is 33.5 Å². The summed E-state index contributed by atoms with van der Waals surface area (Å²) < 4.78 is 16.5. The summed E-state index contributed by atoms with van der Waals surface area (Å²) in [5, 5.41) is 7.07. The minimum atomic E-state index is -4.60. The zero-order valence-corrected chi connectivity index (χ0v) is 21.5. The number of hydrogen-bond donors (Lipinski definition) is 6. The molecule has 0 spiro atoms. The number of imidazole rings is 1. The molecule has 14 nitrogen and oxygen atoms in total. The molecule has 1 unspecified atom stereocenters. The average molecular weight is 538 g/mol. The Balaban J connectivity index is 1.91. The molecule has 6 N–H and O–H groups in total. The average Bonchev–Trinajstić information content (AvgIpc) is 3.35. The predicted octanol–water partition coefficient (Wildman–Crippen LogP) is -0.150. The Bertz CT molecular complexity index is 1110. The molecule has 15 heteroatoms. The van der Waals surface area contributed by atoms with E-state index in [-0.39, 0.29) is 19.6 Å². The van der Waals surface area contributed by atoms with Crippen LogP contribution in [0.1, 0.15) is 25.1 Å². The fourth-order valence-electron chi connectivity index (χ4n) is 2.97. The number of carbonyl (C=O) groups excluding carboxylic acids is 4. The van der Waals surface area contributed by atoms with E-state index in [2.05, 4.69) is 25.9 Å². The number of benzene rings is 1. The van der Waals surface area contributed by atoms with E-state index in [0.29, 0.717) is 5.69 Å². The molecule has 1 aromatic carbocycles. The zero-order valence-electron chi connectivity index (χ0n) is 20.6. The number of hydrogen-bond acceptors (Lipinski definition) is 7. The number of ether oxygens (including phenoxy) is 1. The summed E-state index contributed by atoms with van der Waals surface area (Å²) in [6.07, 6.45) is 2.01. The summed E-state index contributed by atoms with van der Waals surface area (Å²) in [7, 11) is -3.24. The highest BCUT2D eigenvalue weighted by atomic mass is 31.2. The molecule has 4 amide bonds. The van der Waals surface area contributed by atoms with Crippen LogP contribution in [0.4, 0.5) is 4.79 Å². The largest absolute Gasteiger partial charge is 0.445 e. The Kier molecular flexibility index (Phi) is 10.8. The van der Waals surface area contributed by atoms with E-state index < -0.39 is 49.3 Å². The van der Waals surface area contributed by atoms with Crippen LogP contribution in [0.15, 0.2) is 42.9 Å². The lowest BCUT2D eigenvalue weighted by Crippen LogP contribution is -2.55. The van der Waals surface area contributed by atoms with Crippen molar-refractivity contribution in [2.24, 2.45) is 0 Å². The fourth-order valence-corrected chi connectivity index (χ4v) is 3.27. The van der Waals surface area contributed by atoms with Gasteiger partial charge in [-0.05, 0) is 19.4 Å². The third kappa shape index (κ3) is 10.0. The molecule has 0 saturated heterocycles. The van der Waals surface area contributed by atoms with Gasteiger partial charge in [-0.2, -0.15) is 0 Å². The number of H-pyrrole nitrogens is 1. The molecule has 0 aliphatic carbocycles. The Morgan fingerprint density at radius 3 is 2.35 bits per heavy atom. The van der Waals surface area contributed by atoms with E-state index in [1.165, 1.54) is 26.5 Å². The van der Waals surface area contributed by atoms with Crippen molar-refractivity contribution in [3.8, 4) is 0 Å². The van der Waals surface area contributed by atoms with Gasteiger partial charge in [0.05, 0.1) is 6.33 Å². The van der Waals surface area contributed by atoms with Crippen molar-refractivity contribution < 1.29 is 38.3 Å². The van der Waals surface area contributed by atoms with Gasteiger partial charge in [0, 0.05) is 25.4 Å². The van der Waals surface area contributed by atoms with Gasteiger partial charge in [0.25, 0.3) is 0 Å². The standard InChI is InChI=1S/C22H31N6O8P/c1-14(25-19(29)11-28(3)22(32)36-12-16-7-5-4-6-8-16)20(30)27-18(9-17-10-23-13-24-17)21(31)26-15(2)37(33,34)35/h4-8,10,13-15,18H,9,11-12H2,1-3H3,(H,23,24)(H,25,29)(H,26,31)(H,27,30)(H2,33,34,35)/t14-,15+,18?/m0/s1. The third-order valence-corrected chi connectivity index (χ3v) is 6.27. The van der Waals surface area contributed by atoms with Crippen LogP contribution >= 0.6 is 7.60 Å². The fraction of sp³-hybridized carbons (Fsp3) is 0.409. The minimum absolute atomic E-state index is 0.0326. The lowest BCUT2D eigenvalue weighted by atomic mass is 10.1. The first kappa shape index (κ1) is 29.5. The molecule has 2 aromatic rings. The Hall–Kier alpha value is -3.74. The van der Waals surface area contributed by atoms with Gasteiger partial charge < -0.3 is 40.4 Å². The van der Waals surface area contributed by atoms with E-state index in [1.807, 2.05) is 6.07 Å². The monoisotopic (exact) mass is 538 g/mol. The second-order valence-corrected chi connectivity index (χ2v) is 10.3. The first-order valence-corrected chi connectivity index (χ1v) is 12.9. The van der Waals surface area contributed by atoms with Crippen LogP contribution in [0.3, 0.4) is 0 Å². The smallest absolute Gasteiger partial charge is 0.410 e. The van der Waals surface area contributed by atoms with Crippen molar-refractivity contribution in [3.63, 3.8) is 0 Å². The summed E-state index contributed by atoms with van der Waals surface area (Å²) in [6, 6.07) is 6.67. The number of aromatic amines is 1. The number of aromatic nitrogens is 2. The van der Waals surface area contributed by atoms with Gasteiger partial charge in [-0.1, -0.05) is 30.3 Å². The first-order valence-electron chi connectivity index (χ1n) is 11.2. The van der Waals surface area contributed by atoms with Crippen LogP contribution in [-0.2, 0) is 36.7 Å². The highest BCUT2D eigenvalue weighted by molar-refractivity contribution is 7.52. The molecular formula is C22H31N6O8P. The molecule has 202 valence electrons. The maximum atomic E-state index is 12.7. The summed E-state index contributed by atoms with van der Waals surface area (Å²) in [5.41, 5.74) is 1.26. The topological polar surface area (TPSA) is 203 Å². The van der Waals surface area contributed by atoms with Gasteiger partial charge in [-0.3, -0.25) is 18.9 Å². The van der Waals surface area contributed by atoms with Crippen molar-refractivity contribution in [1.29, 1.82) is 0 Å². The molecule has 0 radical (unpaired) electrons. The highest BCUT2D eigenvalue weighted by Crippen LogP contribution is 2.39. The van der Waals surface area contributed by atoms with Gasteiger partial charge in [-0.15, -0.1) is 0 Å². The molecular weight excluding hydrogens is 507 g/mol. The number of amides is 4. The summed E-state index contributed by atoms with van der Waals surface area (Å²) in [4.78, 5) is 76.0. The normalized spacial score (nSPS) is 13.5. The summed E-state index contributed by atoms with van der Waals surface area (Å²) >= 11 is 0. The van der Waals surface area contributed by atoms with Gasteiger partial charge in [0.15, 0.2) is 0 Å². The van der Waals surface area contributed by atoms with Gasteiger partial charge in [-0.25, -0.2) is 9.78 Å². The molecule has 3 atom stereocenters. The highest BCUT2D eigenvalue weighted by Gasteiger charge is 2.31. The van der Waals surface area contributed by atoms with Crippen LogP contribution in [0.25, 0.3) is 0 Å². The minimum Gasteiger partial charge on any atom is -0.445 e. The predicted molar refractivity (Wildman–Crippen MR) is 131 cm³/mol. The van der Waals surface area contributed by atoms with Crippen LogP contribution < -0.4 is 16.0 Å². The van der Waals surface area contributed by atoms with Crippen LogP contribution in [0.2, 0.25) is 0 Å². The van der Waals surface area contributed by atoms with Gasteiger partial charge in [0.2, 0.25) is 17.7 Å². The Morgan fingerprint density at radius 1 is 1.08 bits per heavy atom. The van der Waals surface area contributed by atoms with Gasteiger partial charge >= 0.3 is 13.7 Å². The Labute approximate surface area is 213 Å². The van der Waals surface area contributed by atoms with Crippen LogP contribution in [0, 0.1) is 0 Å². The molecule has 2 rings (SSSR count). The lowest BCUT2D eigenvalue weighted by molar-refractivity contribution is -0.132. The maximum absolute atomic E-state index is 12.7. The summed E-state index contributed by atoms with van der Waals surface area (Å²) in [6.45, 7) is 2.16. The SMILES string of the molecule is C[C@H](NC(=O)CN(C)C(=O)OCc1ccccc1)C(=O)NC(Cc1cnc[nH]1)C(=O)N[C@@H](C)P(=O)(O)O. The van der Waals surface area contributed by atoms with Crippen molar-refractivity contribution in [3.05, 3.63) is 54.1 Å². The molecule has 0 aliphatic heterocycles. The van der Waals surface area contributed by atoms with Crippen molar-refractivity contribution >= 4 is 31.4 Å². The van der Waals surface area contributed by atoms with E-state index in [1.54, 1.807) is 24.3 Å². The quantitative estimate of drug-likeness (QED) is 0.199. The maximum Gasteiger partial charge on any atom is 0.410 e. The number of carbonyl (C=O) groups is 4. The second kappa shape index (κ2) is 13.5. The zero-order chi connectivity index (χ0) is 27.6. The van der Waals surface area contributed by atoms with Crippen LogP contribution in [0.5, 0.6) is 0 Å². The molecule has 0 saturated carbocycles. The number of rotatable bonds is 12. The number of nitrogens with zero attached hydrogens (tertiary/aromatic N) is 2. The molecule has 1 heterocycles. The molecule has 0 aliphatic rings. The van der Waals surface area contributed by atoms with E-state index in [4.69, 9.17) is 4.74 Å². The Morgan fingerprint density at radius 2 is 1.76 bits per heavy atom. The third-order valence-electron chi connectivity index (χ3n) is 5.14. The summed E-state index contributed by atoms with van der Waals surface area (Å²) in [5.74, 6) is -3.69. The van der Waals surface area contributed by atoms with Gasteiger partial charge in [0.1, 0.15) is 31.0 Å². The van der Waals surface area contributed by atoms with E-state index in [0.717, 1.165) is 17.4 Å². The molecule has 1 aromatic heterocycles. The molecule has 37 heavy (non-hydrogen) atoms. The van der Waals surface area contributed by atoms with Crippen LogP contribution in [-0.4, -0.2) is 79.9 Å². The number of nitrogens with one attached hydrogen (secondary N) is 4. The second-order valence-electron chi connectivity index (χ2n) is 8.30. The van der Waals surface area contributed by atoms with Crippen molar-refractivity contribution in [2.45, 2.75) is 44.7 Å². The first-order chi connectivity index (χ1) is 17.4. The number of likely N-dealkylation sites (N-methyl/N-ethyl adjacent to an activating group) is 1.